The maximum absolute atomic E-state index is 12.1. The number of hydrogen-bond acceptors (Lipinski definition) is 2. The lowest BCUT2D eigenvalue weighted by atomic mass is 9.82. The monoisotopic (exact) mass is 253 g/mol. The van der Waals surface area contributed by atoms with Gasteiger partial charge in [0.05, 0.1) is 18.6 Å². The van der Waals surface area contributed by atoms with Crippen molar-refractivity contribution in [1.82, 2.24) is 0 Å². The standard InChI is InChI=1S/C16H15NO2/c18-11-14-15(12-7-3-1-4-8-12)17(16(14)19)13-9-5-2-6-10-13/h1-10,14-15,18H,11H2/t14-,15+/m0/s1. The minimum absolute atomic E-state index is 0.0115. The molecule has 2 aromatic rings. The van der Waals surface area contributed by atoms with Crippen molar-refractivity contribution in [2.24, 2.45) is 5.92 Å². The van der Waals surface area contributed by atoms with E-state index >= 15 is 0 Å². The van der Waals surface area contributed by atoms with Crippen LogP contribution in [-0.4, -0.2) is 17.6 Å². The fourth-order valence-electron chi connectivity index (χ4n) is 2.63. The van der Waals surface area contributed by atoms with Gasteiger partial charge in [0.1, 0.15) is 0 Å². The van der Waals surface area contributed by atoms with Crippen molar-refractivity contribution < 1.29 is 9.90 Å². The van der Waals surface area contributed by atoms with Gasteiger partial charge in [-0.3, -0.25) is 4.79 Å². The second-order valence-corrected chi connectivity index (χ2v) is 4.69. The molecule has 1 heterocycles. The third kappa shape index (κ3) is 1.92. The van der Waals surface area contributed by atoms with E-state index in [0.29, 0.717) is 0 Å². The van der Waals surface area contributed by atoms with Gasteiger partial charge >= 0.3 is 0 Å². The molecule has 96 valence electrons. The first kappa shape index (κ1) is 11.9. The number of nitrogens with zero attached hydrogens (tertiary/aromatic N) is 1. The Morgan fingerprint density at radius 3 is 2.11 bits per heavy atom. The van der Waals surface area contributed by atoms with E-state index in [2.05, 4.69) is 0 Å². The van der Waals surface area contributed by atoms with E-state index in [9.17, 15) is 9.90 Å². The number of aliphatic hydroxyl groups is 1. The molecular weight excluding hydrogens is 238 g/mol. The molecule has 2 atom stereocenters. The highest BCUT2D eigenvalue weighted by Gasteiger charge is 2.48. The second-order valence-electron chi connectivity index (χ2n) is 4.69. The van der Waals surface area contributed by atoms with Crippen LogP contribution in [0.5, 0.6) is 0 Å². The van der Waals surface area contributed by atoms with Crippen LogP contribution in [-0.2, 0) is 4.79 Å². The van der Waals surface area contributed by atoms with Crippen LogP contribution in [0.2, 0.25) is 0 Å². The molecule has 1 fully saturated rings. The van der Waals surface area contributed by atoms with Crippen LogP contribution >= 0.6 is 0 Å². The predicted molar refractivity (Wildman–Crippen MR) is 73.7 cm³/mol. The summed E-state index contributed by atoms with van der Waals surface area (Å²) >= 11 is 0. The summed E-state index contributed by atoms with van der Waals surface area (Å²) in [7, 11) is 0. The molecule has 0 aliphatic carbocycles. The summed E-state index contributed by atoms with van der Waals surface area (Å²) in [5, 5.41) is 9.41. The maximum atomic E-state index is 12.1. The SMILES string of the molecule is O=C1[C@@H](CO)[C@@H](c2ccccc2)N1c1ccccc1. The lowest BCUT2D eigenvalue weighted by Crippen LogP contribution is -2.56. The molecule has 3 nitrogen and oxygen atoms in total. The van der Waals surface area contributed by atoms with Crippen LogP contribution < -0.4 is 4.90 Å². The third-order valence-electron chi connectivity index (χ3n) is 3.59. The quantitative estimate of drug-likeness (QED) is 0.853. The number of para-hydroxylation sites is 1. The molecule has 1 saturated heterocycles. The van der Waals surface area contributed by atoms with Crippen LogP contribution in [0.15, 0.2) is 60.7 Å². The Labute approximate surface area is 112 Å². The van der Waals surface area contributed by atoms with E-state index < -0.39 is 0 Å². The maximum Gasteiger partial charge on any atom is 0.235 e. The summed E-state index contributed by atoms with van der Waals surface area (Å²) < 4.78 is 0. The Kier molecular flexibility index (Phi) is 3.05. The number of amides is 1. The second kappa shape index (κ2) is 4.86. The Hall–Kier alpha value is -2.13. The first-order valence-electron chi connectivity index (χ1n) is 6.37. The van der Waals surface area contributed by atoms with Gasteiger partial charge in [-0.25, -0.2) is 0 Å². The van der Waals surface area contributed by atoms with E-state index in [0.717, 1.165) is 11.3 Å². The number of carbonyl (C=O) groups excluding carboxylic acids is 1. The van der Waals surface area contributed by atoms with E-state index in [-0.39, 0.29) is 24.5 Å². The van der Waals surface area contributed by atoms with Gasteiger partial charge in [0.2, 0.25) is 5.91 Å². The molecule has 0 aromatic heterocycles. The fraction of sp³-hybridized carbons (Fsp3) is 0.188. The van der Waals surface area contributed by atoms with Crippen molar-refractivity contribution >= 4 is 11.6 Å². The lowest BCUT2D eigenvalue weighted by Gasteiger charge is -2.46. The van der Waals surface area contributed by atoms with Crippen LogP contribution in [0.4, 0.5) is 5.69 Å². The highest BCUT2D eigenvalue weighted by Crippen LogP contribution is 2.42. The van der Waals surface area contributed by atoms with Gasteiger partial charge in [0, 0.05) is 5.69 Å². The minimum Gasteiger partial charge on any atom is -0.395 e. The molecule has 0 bridgehead atoms. The zero-order chi connectivity index (χ0) is 13.2. The number of aliphatic hydroxyl groups excluding tert-OH is 1. The highest BCUT2D eigenvalue weighted by molar-refractivity contribution is 6.03. The van der Waals surface area contributed by atoms with Gasteiger partial charge < -0.3 is 10.0 Å². The number of carbonyl (C=O) groups is 1. The molecule has 0 radical (unpaired) electrons. The third-order valence-corrected chi connectivity index (χ3v) is 3.59. The summed E-state index contributed by atoms with van der Waals surface area (Å²) in [6.45, 7) is -0.109. The lowest BCUT2D eigenvalue weighted by molar-refractivity contribution is -0.132. The molecule has 1 aliphatic rings. The van der Waals surface area contributed by atoms with Crippen molar-refractivity contribution in [3.05, 3.63) is 66.2 Å². The molecule has 1 N–H and O–H groups in total. The van der Waals surface area contributed by atoms with Crippen LogP contribution in [0, 0.1) is 5.92 Å². The van der Waals surface area contributed by atoms with Crippen LogP contribution in [0.1, 0.15) is 11.6 Å². The zero-order valence-corrected chi connectivity index (χ0v) is 10.4. The van der Waals surface area contributed by atoms with Gasteiger partial charge in [-0.1, -0.05) is 48.5 Å². The number of β-lactam (4-membered cyclic amide) rings is 1. The van der Waals surface area contributed by atoms with E-state index in [1.807, 2.05) is 60.7 Å². The Balaban J connectivity index is 1.98. The molecular formula is C16H15NO2. The predicted octanol–water partition coefficient (Wildman–Crippen LogP) is 2.38. The number of hydrogen-bond donors (Lipinski definition) is 1. The summed E-state index contributed by atoms with van der Waals surface area (Å²) in [6.07, 6.45) is 0. The van der Waals surface area contributed by atoms with Crippen molar-refractivity contribution in [1.29, 1.82) is 0 Å². The zero-order valence-electron chi connectivity index (χ0n) is 10.4. The topological polar surface area (TPSA) is 40.5 Å². The van der Waals surface area contributed by atoms with Crippen molar-refractivity contribution in [3.63, 3.8) is 0 Å². The van der Waals surface area contributed by atoms with Gasteiger partial charge in [0.15, 0.2) is 0 Å². The molecule has 3 heteroatoms. The fourth-order valence-corrected chi connectivity index (χ4v) is 2.63. The Morgan fingerprint density at radius 1 is 0.947 bits per heavy atom. The Morgan fingerprint density at radius 2 is 1.53 bits per heavy atom. The van der Waals surface area contributed by atoms with E-state index in [1.54, 1.807) is 4.90 Å². The average molecular weight is 253 g/mol. The highest BCUT2D eigenvalue weighted by atomic mass is 16.3. The summed E-state index contributed by atoms with van der Waals surface area (Å²) in [6, 6.07) is 19.4. The van der Waals surface area contributed by atoms with Gasteiger partial charge in [0.25, 0.3) is 0 Å². The first-order valence-corrected chi connectivity index (χ1v) is 6.37. The number of rotatable bonds is 3. The molecule has 3 rings (SSSR count). The van der Waals surface area contributed by atoms with E-state index in [1.165, 1.54) is 0 Å². The smallest absolute Gasteiger partial charge is 0.235 e. The molecule has 0 unspecified atom stereocenters. The normalized spacial score (nSPS) is 22.2. The minimum atomic E-state index is -0.331. The molecule has 1 amide bonds. The van der Waals surface area contributed by atoms with Crippen LogP contribution in [0.3, 0.4) is 0 Å². The molecule has 0 spiro atoms. The largest absolute Gasteiger partial charge is 0.395 e. The average Bonchev–Trinajstić information content (AvgIpc) is 2.47. The van der Waals surface area contributed by atoms with Gasteiger partial charge in [-0.15, -0.1) is 0 Å². The van der Waals surface area contributed by atoms with Gasteiger partial charge in [-0.05, 0) is 17.7 Å². The Bertz CT molecular complexity index is 568. The van der Waals surface area contributed by atoms with Gasteiger partial charge in [-0.2, -0.15) is 0 Å². The number of anilines is 1. The summed E-state index contributed by atoms with van der Waals surface area (Å²) in [5.41, 5.74) is 1.94. The van der Waals surface area contributed by atoms with E-state index in [4.69, 9.17) is 0 Å². The van der Waals surface area contributed by atoms with Crippen molar-refractivity contribution in [2.45, 2.75) is 6.04 Å². The molecule has 19 heavy (non-hydrogen) atoms. The first-order chi connectivity index (χ1) is 9.33. The van der Waals surface area contributed by atoms with Crippen molar-refractivity contribution in [3.8, 4) is 0 Å². The number of benzene rings is 2. The molecule has 1 aliphatic heterocycles. The molecule has 2 aromatic carbocycles. The van der Waals surface area contributed by atoms with Crippen LogP contribution in [0.25, 0.3) is 0 Å². The van der Waals surface area contributed by atoms with Crippen molar-refractivity contribution in [2.75, 3.05) is 11.5 Å². The summed E-state index contributed by atoms with van der Waals surface area (Å²) in [5.74, 6) is -0.342. The molecule has 0 saturated carbocycles. The summed E-state index contributed by atoms with van der Waals surface area (Å²) in [4.78, 5) is 13.9.